The van der Waals surface area contributed by atoms with Gasteiger partial charge in [0.15, 0.2) is 0 Å². The van der Waals surface area contributed by atoms with Crippen LogP contribution in [-0.2, 0) is 16.0 Å². The molecule has 2 heterocycles. The van der Waals surface area contributed by atoms with Crippen LogP contribution in [0, 0.1) is 0 Å². The van der Waals surface area contributed by atoms with Gasteiger partial charge in [-0.05, 0) is 32.4 Å². The number of ether oxygens (including phenoxy) is 2. The van der Waals surface area contributed by atoms with Gasteiger partial charge in [0.2, 0.25) is 0 Å². The average Bonchev–Trinajstić information content (AvgIpc) is 3.18. The quantitative estimate of drug-likeness (QED) is 0.525. The predicted molar refractivity (Wildman–Crippen MR) is 104 cm³/mol. The summed E-state index contributed by atoms with van der Waals surface area (Å²) in [5.74, 6) is -2.59. The fourth-order valence-corrected chi connectivity index (χ4v) is 3.35. The second kappa shape index (κ2) is 8.30. The third-order valence-corrected chi connectivity index (χ3v) is 4.50. The van der Waals surface area contributed by atoms with Crippen LogP contribution in [0.2, 0.25) is 0 Å². The number of amides is 2. The molecule has 1 aromatic carbocycles. The summed E-state index contributed by atoms with van der Waals surface area (Å²) in [4.78, 5) is 52.3. The number of carbonyl (C=O) groups is 4. The Morgan fingerprint density at radius 1 is 0.897 bits per heavy atom. The number of nitrogens with zero attached hydrogens (tertiary/aromatic N) is 2. The number of anilines is 1. The van der Waals surface area contributed by atoms with E-state index in [-0.39, 0.29) is 41.3 Å². The van der Waals surface area contributed by atoms with E-state index in [0.717, 1.165) is 4.90 Å². The van der Waals surface area contributed by atoms with Crippen molar-refractivity contribution in [1.29, 1.82) is 0 Å². The van der Waals surface area contributed by atoms with Crippen molar-refractivity contribution in [1.82, 2.24) is 4.57 Å². The molecule has 3 rings (SSSR count). The minimum atomic E-state index is -0.794. The number of esters is 2. The summed E-state index contributed by atoms with van der Waals surface area (Å²) in [5, 5.41) is 0. The van der Waals surface area contributed by atoms with E-state index in [4.69, 9.17) is 9.47 Å². The van der Waals surface area contributed by atoms with Crippen molar-refractivity contribution in [2.24, 2.45) is 0 Å². The third kappa shape index (κ3) is 3.41. The lowest BCUT2D eigenvalue weighted by Gasteiger charge is -2.18. The van der Waals surface area contributed by atoms with Crippen molar-refractivity contribution in [2.45, 2.75) is 33.7 Å². The molecule has 8 heteroatoms. The molecular formula is C21H22N2O6. The van der Waals surface area contributed by atoms with E-state index >= 15 is 0 Å². The Hall–Kier alpha value is -3.42. The molecule has 0 bridgehead atoms. The molecular weight excluding hydrogens is 376 g/mol. The Bertz CT molecular complexity index is 956. The van der Waals surface area contributed by atoms with Crippen LogP contribution in [0.4, 0.5) is 5.82 Å². The summed E-state index contributed by atoms with van der Waals surface area (Å²) >= 11 is 0. The highest BCUT2D eigenvalue weighted by molar-refractivity contribution is 6.35. The summed E-state index contributed by atoms with van der Waals surface area (Å²) in [6.07, 6.45) is 2.09. The van der Waals surface area contributed by atoms with E-state index in [1.165, 1.54) is 6.20 Å². The summed E-state index contributed by atoms with van der Waals surface area (Å²) < 4.78 is 11.8. The largest absolute Gasteiger partial charge is 0.462 e. The number of aryl methyl sites for hydroxylation is 1. The van der Waals surface area contributed by atoms with E-state index in [0.29, 0.717) is 13.0 Å². The Balaban J connectivity index is 2.24. The van der Waals surface area contributed by atoms with Gasteiger partial charge in [0.1, 0.15) is 11.4 Å². The number of carbonyl (C=O) groups excluding carboxylic acids is 4. The molecule has 1 aromatic heterocycles. The molecule has 0 saturated heterocycles. The lowest BCUT2D eigenvalue weighted by atomic mass is 10.1. The molecule has 1 aliphatic rings. The molecule has 2 aromatic rings. The Morgan fingerprint density at radius 3 is 1.97 bits per heavy atom. The molecule has 0 unspecified atom stereocenters. The minimum Gasteiger partial charge on any atom is -0.462 e. The molecule has 29 heavy (non-hydrogen) atoms. The number of benzene rings is 1. The Kier molecular flexibility index (Phi) is 5.81. The van der Waals surface area contributed by atoms with Gasteiger partial charge in [-0.15, -0.1) is 0 Å². The lowest BCUT2D eigenvalue weighted by Crippen LogP contribution is -2.33. The van der Waals surface area contributed by atoms with Gasteiger partial charge in [-0.3, -0.25) is 9.59 Å². The molecule has 0 radical (unpaired) electrons. The van der Waals surface area contributed by atoms with Crippen molar-refractivity contribution in [3.8, 4) is 0 Å². The van der Waals surface area contributed by atoms with Gasteiger partial charge >= 0.3 is 11.9 Å². The van der Waals surface area contributed by atoms with Crippen LogP contribution >= 0.6 is 0 Å². The topological polar surface area (TPSA) is 94.9 Å². The van der Waals surface area contributed by atoms with Crippen LogP contribution in [0.25, 0.3) is 0 Å². The molecule has 0 spiro atoms. The minimum absolute atomic E-state index is 0.0274. The van der Waals surface area contributed by atoms with Gasteiger partial charge in [-0.2, -0.15) is 0 Å². The van der Waals surface area contributed by atoms with E-state index in [1.807, 2.05) is 6.92 Å². The van der Waals surface area contributed by atoms with Crippen molar-refractivity contribution in [2.75, 3.05) is 18.1 Å². The van der Waals surface area contributed by atoms with Gasteiger partial charge in [-0.1, -0.05) is 19.1 Å². The fraction of sp³-hybridized carbons (Fsp3) is 0.333. The van der Waals surface area contributed by atoms with Gasteiger partial charge in [0.25, 0.3) is 11.8 Å². The lowest BCUT2D eigenvalue weighted by molar-refractivity contribution is 0.0480. The van der Waals surface area contributed by atoms with E-state index in [2.05, 4.69) is 0 Å². The van der Waals surface area contributed by atoms with Gasteiger partial charge in [-0.25, -0.2) is 14.5 Å². The number of hydrogen-bond donors (Lipinski definition) is 0. The first-order chi connectivity index (χ1) is 14.0. The van der Waals surface area contributed by atoms with Crippen molar-refractivity contribution >= 4 is 29.6 Å². The maximum Gasteiger partial charge on any atom is 0.342 e. The van der Waals surface area contributed by atoms with Crippen molar-refractivity contribution < 1.29 is 28.7 Å². The standard InChI is InChI=1S/C21H22N2O6/c1-4-11-22-12-15(20(26)28-5-2)16(21(27)29-6-3)17(22)23-18(24)13-9-7-8-10-14(13)19(23)25/h7-10,12H,4-6,11H2,1-3H3. The van der Waals surface area contributed by atoms with E-state index < -0.39 is 23.8 Å². The van der Waals surface area contributed by atoms with E-state index in [1.54, 1.807) is 42.7 Å². The molecule has 152 valence electrons. The van der Waals surface area contributed by atoms with Crippen molar-refractivity contribution in [3.63, 3.8) is 0 Å². The first-order valence-electron chi connectivity index (χ1n) is 9.51. The average molecular weight is 398 g/mol. The van der Waals surface area contributed by atoms with Crippen LogP contribution in [-0.4, -0.2) is 41.5 Å². The second-order valence-corrected chi connectivity index (χ2v) is 6.37. The summed E-state index contributed by atoms with van der Waals surface area (Å²) in [5.41, 5.74) is 0.307. The first-order valence-corrected chi connectivity index (χ1v) is 9.51. The number of aromatic nitrogens is 1. The van der Waals surface area contributed by atoms with Gasteiger partial charge in [0, 0.05) is 12.7 Å². The smallest absolute Gasteiger partial charge is 0.342 e. The molecule has 0 atom stereocenters. The number of fused-ring (bicyclic) bond motifs is 1. The zero-order valence-electron chi connectivity index (χ0n) is 16.6. The van der Waals surface area contributed by atoms with Gasteiger partial charge in [0.05, 0.1) is 29.9 Å². The highest BCUT2D eigenvalue weighted by atomic mass is 16.5. The zero-order chi connectivity index (χ0) is 21.1. The van der Waals surface area contributed by atoms with Crippen molar-refractivity contribution in [3.05, 3.63) is 52.7 Å². The summed E-state index contributed by atoms with van der Waals surface area (Å²) in [7, 11) is 0. The normalized spacial score (nSPS) is 12.9. The summed E-state index contributed by atoms with van der Waals surface area (Å²) in [6.45, 7) is 5.75. The molecule has 0 saturated carbocycles. The Morgan fingerprint density at radius 2 is 1.45 bits per heavy atom. The molecule has 0 aliphatic carbocycles. The molecule has 2 amide bonds. The third-order valence-electron chi connectivity index (χ3n) is 4.50. The number of hydrogen-bond acceptors (Lipinski definition) is 6. The Labute approximate surface area is 168 Å². The highest BCUT2D eigenvalue weighted by Crippen LogP contribution is 2.35. The fourth-order valence-electron chi connectivity index (χ4n) is 3.35. The first kappa shape index (κ1) is 20.3. The van der Waals surface area contributed by atoms with Crippen LogP contribution in [0.5, 0.6) is 0 Å². The maximum atomic E-state index is 13.0. The van der Waals surface area contributed by atoms with Crippen LogP contribution in [0.3, 0.4) is 0 Å². The SMILES string of the molecule is CCCn1cc(C(=O)OCC)c(C(=O)OCC)c1N1C(=O)c2ccccc2C1=O. The van der Waals surface area contributed by atoms with Gasteiger partial charge < -0.3 is 14.0 Å². The molecule has 1 aliphatic heterocycles. The van der Waals surface area contributed by atoms with Crippen LogP contribution < -0.4 is 4.90 Å². The van der Waals surface area contributed by atoms with Crippen LogP contribution in [0.1, 0.15) is 68.6 Å². The second-order valence-electron chi connectivity index (χ2n) is 6.37. The number of rotatable bonds is 7. The zero-order valence-corrected chi connectivity index (χ0v) is 16.6. The summed E-state index contributed by atoms with van der Waals surface area (Å²) in [6, 6.07) is 6.43. The maximum absolute atomic E-state index is 13.0. The molecule has 8 nitrogen and oxygen atoms in total. The monoisotopic (exact) mass is 398 g/mol. The van der Waals surface area contributed by atoms with E-state index in [9.17, 15) is 19.2 Å². The molecule has 0 fully saturated rings. The van der Waals surface area contributed by atoms with Crippen LogP contribution in [0.15, 0.2) is 30.5 Å². The number of imide groups is 1. The predicted octanol–water partition coefficient (Wildman–Crippen LogP) is 3.05. The molecule has 0 N–H and O–H groups in total. The highest BCUT2D eigenvalue weighted by Gasteiger charge is 2.42.